The normalized spacial score (nSPS) is 15.1. The van der Waals surface area contributed by atoms with Gasteiger partial charge in [0.25, 0.3) is 5.91 Å². The van der Waals surface area contributed by atoms with Gasteiger partial charge in [0.05, 0.1) is 0 Å². The van der Waals surface area contributed by atoms with Crippen LogP contribution in [0.25, 0.3) is 0 Å². The first kappa shape index (κ1) is 18.9. The zero-order valence-corrected chi connectivity index (χ0v) is 14.3. The molecule has 0 aliphatic carbocycles. The van der Waals surface area contributed by atoms with Crippen molar-refractivity contribution in [1.29, 1.82) is 0 Å². The molecule has 0 bridgehead atoms. The molecule has 2 N–H and O–H groups in total. The van der Waals surface area contributed by atoms with Crippen LogP contribution in [0, 0.1) is 0 Å². The van der Waals surface area contributed by atoms with E-state index in [-0.39, 0.29) is 18.3 Å². The predicted molar refractivity (Wildman–Crippen MR) is 93.9 cm³/mol. The van der Waals surface area contributed by atoms with Crippen LogP contribution in [0.2, 0.25) is 0 Å². The Morgan fingerprint density at radius 2 is 1.91 bits per heavy atom. The molecule has 4 nitrogen and oxygen atoms in total. The fraction of sp³-hybridized carbons (Fsp3) is 0.588. The van der Waals surface area contributed by atoms with Crippen molar-refractivity contribution < 1.29 is 4.79 Å². The van der Waals surface area contributed by atoms with Gasteiger partial charge < -0.3 is 15.5 Å². The van der Waals surface area contributed by atoms with Gasteiger partial charge >= 0.3 is 0 Å². The van der Waals surface area contributed by atoms with Gasteiger partial charge in [-0.15, -0.1) is 12.4 Å². The summed E-state index contributed by atoms with van der Waals surface area (Å²) in [4.78, 5) is 14.5. The average molecular weight is 326 g/mol. The number of benzene rings is 1. The summed E-state index contributed by atoms with van der Waals surface area (Å²) >= 11 is 0. The van der Waals surface area contributed by atoms with E-state index in [2.05, 4.69) is 34.6 Å². The Balaban J connectivity index is 0.00000242. The van der Waals surface area contributed by atoms with Gasteiger partial charge in [-0.05, 0) is 37.1 Å². The number of hydrogen-bond acceptors (Lipinski definition) is 3. The van der Waals surface area contributed by atoms with Gasteiger partial charge in [0.15, 0.2) is 0 Å². The molecule has 1 aliphatic heterocycles. The zero-order valence-electron chi connectivity index (χ0n) is 13.4. The first-order valence-electron chi connectivity index (χ1n) is 8.10. The fourth-order valence-corrected chi connectivity index (χ4v) is 2.65. The lowest BCUT2D eigenvalue weighted by Crippen LogP contribution is -2.44. The quantitative estimate of drug-likeness (QED) is 0.754. The Morgan fingerprint density at radius 1 is 1.23 bits per heavy atom. The third-order valence-electron chi connectivity index (χ3n) is 3.90. The molecule has 1 heterocycles. The van der Waals surface area contributed by atoms with Crippen LogP contribution >= 0.6 is 12.4 Å². The molecular formula is C17H28ClN3O. The number of halogens is 1. The van der Waals surface area contributed by atoms with E-state index in [1.54, 1.807) is 0 Å². The molecule has 22 heavy (non-hydrogen) atoms. The number of aryl methyl sites for hydroxylation is 1. The first-order valence-corrected chi connectivity index (χ1v) is 8.10. The number of carbonyl (C=O) groups is 1. The lowest BCUT2D eigenvalue weighted by molar-refractivity contribution is 0.0951. The summed E-state index contributed by atoms with van der Waals surface area (Å²) < 4.78 is 0. The molecule has 0 unspecified atom stereocenters. The first-order chi connectivity index (χ1) is 10.3. The molecule has 0 aromatic heterocycles. The van der Waals surface area contributed by atoms with E-state index in [1.165, 1.54) is 5.56 Å². The van der Waals surface area contributed by atoms with Crippen LogP contribution in [0.1, 0.15) is 35.7 Å². The molecule has 5 heteroatoms. The minimum atomic E-state index is 0. The molecule has 1 aliphatic rings. The number of nitrogens with zero attached hydrogens (tertiary/aromatic N) is 1. The minimum Gasteiger partial charge on any atom is -0.352 e. The highest BCUT2D eigenvalue weighted by atomic mass is 35.5. The fourth-order valence-electron chi connectivity index (χ4n) is 2.65. The summed E-state index contributed by atoms with van der Waals surface area (Å²) in [5.74, 6) is 0.0401. The summed E-state index contributed by atoms with van der Waals surface area (Å²) in [5, 5.41) is 6.36. The largest absolute Gasteiger partial charge is 0.352 e. The summed E-state index contributed by atoms with van der Waals surface area (Å²) in [6.45, 7) is 8.38. The maximum atomic E-state index is 12.0. The molecule has 0 atom stereocenters. The number of hydrogen-bond donors (Lipinski definition) is 2. The Hall–Kier alpha value is -1.10. The third kappa shape index (κ3) is 6.34. The van der Waals surface area contributed by atoms with Gasteiger partial charge in [-0.1, -0.05) is 25.5 Å². The van der Waals surface area contributed by atoms with Gasteiger partial charge in [0, 0.05) is 38.3 Å². The Morgan fingerprint density at radius 3 is 2.55 bits per heavy atom. The summed E-state index contributed by atoms with van der Waals surface area (Å²) in [5.41, 5.74) is 2.06. The van der Waals surface area contributed by atoms with Gasteiger partial charge in [-0.25, -0.2) is 0 Å². The molecule has 0 radical (unpaired) electrons. The van der Waals surface area contributed by atoms with Crippen molar-refractivity contribution in [1.82, 2.24) is 15.5 Å². The van der Waals surface area contributed by atoms with Crippen molar-refractivity contribution in [2.45, 2.75) is 26.2 Å². The summed E-state index contributed by atoms with van der Waals surface area (Å²) in [7, 11) is 0. The van der Waals surface area contributed by atoms with Crippen molar-refractivity contribution in [3.05, 3.63) is 35.4 Å². The second-order valence-corrected chi connectivity index (χ2v) is 5.65. The van der Waals surface area contributed by atoms with Crippen LogP contribution < -0.4 is 10.6 Å². The van der Waals surface area contributed by atoms with E-state index in [9.17, 15) is 4.79 Å². The molecule has 2 rings (SSSR count). The SMILES string of the molecule is CCCc1ccc(C(=O)NCCCN2CCNCC2)cc1.Cl. The van der Waals surface area contributed by atoms with Crippen LogP contribution in [0.15, 0.2) is 24.3 Å². The molecular weight excluding hydrogens is 298 g/mol. The summed E-state index contributed by atoms with van der Waals surface area (Å²) in [6, 6.07) is 7.96. The molecule has 1 amide bonds. The van der Waals surface area contributed by atoms with Crippen molar-refractivity contribution in [2.24, 2.45) is 0 Å². The van der Waals surface area contributed by atoms with E-state index in [0.717, 1.165) is 64.1 Å². The highest BCUT2D eigenvalue weighted by Crippen LogP contribution is 2.06. The Bertz CT molecular complexity index is 430. The lowest BCUT2D eigenvalue weighted by atomic mass is 10.1. The maximum absolute atomic E-state index is 12.0. The van der Waals surface area contributed by atoms with Crippen molar-refractivity contribution in [3.8, 4) is 0 Å². The van der Waals surface area contributed by atoms with Crippen LogP contribution in [0.3, 0.4) is 0 Å². The van der Waals surface area contributed by atoms with Gasteiger partial charge in [0.2, 0.25) is 0 Å². The maximum Gasteiger partial charge on any atom is 0.251 e. The third-order valence-corrected chi connectivity index (χ3v) is 3.90. The van der Waals surface area contributed by atoms with E-state index >= 15 is 0 Å². The van der Waals surface area contributed by atoms with E-state index in [0.29, 0.717) is 0 Å². The van der Waals surface area contributed by atoms with Gasteiger partial charge in [-0.2, -0.15) is 0 Å². The van der Waals surface area contributed by atoms with Crippen molar-refractivity contribution in [2.75, 3.05) is 39.3 Å². The Kier molecular flexibility index (Phi) is 9.13. The Labute approximate surface area is 140 Å². The van der Waals surface area contributed by atoms with Crippen LogP contribution in [-0.4, -0.2) is 50.1 Å². The minimum absolute atomic E-state index is 0. The van der Waals surface area contributed by atoms with Crippen LogP contribution in [0.4, 0.5) is 0 Å². The number of nitrogens with one attached hydrogen (secondary N) is 2. The topological polar surface area (TPSA) is 44.4 Å². The average Bonchev–Trinajstić information content (AvgIpc) is 2.53. The predicted octanol–water partition coefficient (Wildman–Crippen LogP) is 2.09. The van der Waals surface area contributed by atoms with E-state index < -0.39 is 0 Å². The van der Waals surface area contributed by atoms with E-state index in [4.69, 9.17) is 0 Å². The second kappa shape index (κ2) is 10.6. The molecule has 1 fully saturated rings. The number of rotatable bonds is 7. The molecule has 1 aromatic rings. The number of carbonyl (C=O) groups excluding carboxylic acids is 1. The highest BCUT2D eigenvalue weighted by molar-refractivity contribution is 5.94. The molecule has 0 spiro atoms. The number of amides is 1. The standard InChI is InChI=1S/C17H27N3O.ClH/c1-2-4-15-5-7-16(8-6-15)17(21)19-9-3-12-20-13-10-18-11-14-20;/h5-8,18H,2-4,9-14H2,1H3,(H,19,21);1H. The molecule has 124 valence electrons. The zero-order chi connectivity index (χ0) is 14.9. The van der Waals surface area contributed by atoms with Crippen molar-refractivity contribution in [3.63, 3.8) is 0 Å². The molecule has 0 saturated carbocycles. The van der Waals surface area contributed by atoms with E-state index in [1.807, 2.05) is 12.1 Å². The van der Waals surface area contributed by atoms with Gasteiger partial charge in [0.1, 0.15) is 0 Å². The summed E-state index contributed by atoms with van der Waals surface area (Å²) in [6.07, 6.45) is 3.23. The van der Waals surface area contributed by atoms with Gasteiger partial charge in [-0.3, -0.25) is 4.79 Å². The van der Waals surface area contributed by atoms with Crippen LogP contribution in [-0.2, 0) is 6.42 Å². The monoisotopic (exact) mass is 325 g/mol. The highest BCUT2D eigenvalue weighted by Gasteiger charge is 2.09. The lowest BCUT2D eigenvalue weighted by Gasteiger charge is -2.27. The van der Waals surface area contributed by atoms with Crippen molar-refractivity contribution >= 4 is 18.3 Å². The number of piperazine rings is 1. The van der Waals surface area contributed by atoms with Crippen LogP contribution in [0.5, 0.6) is 0 Å². The molecule has 1 saturated heterocycles. The molecule has 1 aromatic carbocycles. The second-order valence-electron chi connectivity index (χ2n) is 5.65. The smallest absolute Gasteiger partial charge is 0.251 e.